The molecule has 0 spiro atoms. The zero-order chi connectivity index (χ0) is 17.0. The Kier molecular flexibility index (Phi) is 4.89. The molecule has 2 aromatic carbocycles. The van der Waals surface area contributed by atoms with Crippen LogP contribution in [0.25, 0.3) is 0 Å². The van der Waals surface area contributed by atoms with Crippen LogP contribution >= 0.6 is 0 Å². The zero-order valence-electron chi connectivity index (χ0n) is 14.4. The van der Waals surface area contributed by atoms with E-state index >= 15 is 0 Å². The fraction of sp³-hybridized carbons (Fsp3) is 0.381. The maximum atomic E-state index is 13.2. The first-order valence-corrected chi connectivity index (χ1v) is 8.67. The summed E-state index contributed by atoms with van der Waals surface area (Å²) in [7, 11) is 1.66. The fourth-order valence-electron chi connectivity index (χ4n) is 3.82. The lowest BCUT2D eigenvalue weighted by Gasteiger charge is -2.30. The molecule has 0 aromatic heterocycles. The van der Waals surface area contributed by atoms with Crippen LogP contribution in [0.1, 0.15) is 49.8 Å². The van der Waals surface area contributed by atoms with Crippen molar-refractivity contribution < 1.29 is 9.53 Å². The molecule has 0 heterocycles. The maximum Gasteiger partial charge on any atom is 0.231 e. The topological polar surface area (TPSA) is 38.3 Å². The van der Waals surface area contributed by atoms with Gasteiger partial charge in [-0.15, -0.1) is 0 Å². The van der Waals surface area contributed by atoms with Crippen molar-refractivity contribution in [3.8, 4) is 5.75 Å². The highest BCUT2D eigenvalue weighted by Gasteiger charge is 2.43. The van der Waals surface area contributed by atoms with Crippen LogP contribution in [0.2, 0.25) is 0 Å². The third-order valence-electron chi connectivity index (χ3n) is 5.17. The summed E-state index contributed by atoms with van der Waals surface area (Å²) in [6.07, 6.45) is 4.04. The molecular formula is C21H25NO2. The Morgan fingerprint density at radius 1 is 1.04 bits per heavy atom. The van der Waals surface area contributed by atoms with E-state index in [-0.39, 0.29) is 11.9 Å². The molecule has 1 unspecified atom stereocenters. The Morgan fingerprint density at radius 3 is 2.33 bits per heavy atom. The van der Waals surface area contributed by atoms with Crippen LogP contribution in [0.3, 0.4) is 0 Å². The zero-order valence-corrected chi connectivity index (χ0v) is 14.4. The van der Waals surface area contributed by atoms with E-state index in [1.54, 1.807) is 7.11 Å². The smallest absolute Gasteiger partial charge is 0.231 e. The van der Waals surface area contributed by atoms with Gasteiger partial charge in [-0.05, 0) is 31.4 Å². The van der Waals surface area contributed by atoms with Gasteiger partial charge in [0.15, 0.2) is 0 Å². The highest BCUT2D eigenvalue weighted by molar-refractivity contribution is 5.89. The van der Waals surface area contributed by atoms with E-state index in [1.807, 2.05) is 49.4 Å². The van der Waals surface area contributed by atoms with Crippen LogP contribution in [0.5, 0.6) is 5.75 Å². The van der Waals surface area contributed by atoms with Crippen LogP contribution in [-0.4, -0.2) is 13.0 Å². The molecule has 1 aliphatic carbocycles. The molecular weight excluding hydrogens is 298 g/mol. The van der Waals surface area contributed by atoms with E-state index < -0.39 is 5.41 Å². The number of carbonyl (C=O) groups excluding carboxylic acids is 1. The molecule has 3 heteroatoms. The van der Waals surface area contributed by atoms with Gasteiger partial charge in [-0.2, -0.15) is 0 Å². The van der Waals surface area contributed by atoms with Gasteiger partial charge in [0.2, 0.25) is 5.91 Å². The number of rotatable bonds is 5. The third-order valence-corrected chi connectivity index (χ3v) is 5.17. The molecule has 1 amide bonds. The van der Waals surface area contributed by atoms with Crippen LogP contribution < -0.4 is 10.1 Å². The normalized spacial score (nSPS) is 17.2. The molecule has 3 nitrogen and oxygen atoms in total. The van der Waals surface area contributed by atoms with Gasteiger partial charge in [-0.25, -0.2) is 0 Å². The van der Waals surface area contributed by atoms with E-state index in [0.29, 0.717) is 0 Å². The molecule has 1 N–H and O–H groups in total. The second-order valence-electron chi connectivity index (χ2n) is 6.59. The van der Waals surface area contributed by atoms with Crippen molar-refractivity contribution in [3.05, 3.63) is 65.7 Å². The predicted octanol–water partition coefficient (Wildman–Crippen LogP) is 4.38. The highest BCUT2D eigenvalue weighted by atomic mass is 16.5. The number of ether oxygens (including phenoxy) is 1. The van der Waals surface area contributed by atoms with Crippen molar-refractivity contribution in [3.63, 3.8) is 0 Å². The van der Waals surface area contributed by atoms with E-state index in [2.05, 4.69) is 17.4 Å². The Morgan fingerprint density at radius 2 is 1.67 bits per heavy atom. The van der Waals surface area contributed by atoms with Crippen molar-refractivity contribution in [2.24, 2.45) is 0 Å². The first kappa shape index (κ1) is 16.6. The van der Waals surface area contributed by atoms with Crippen molar-refractivity contribution in [1.82, 2.24) is 5.32 Å². The number of nitrogens with one attached hydrogen (secondary N) is 1. The lowest BCUT2D eigenvalue weighted by molar-refractivity contribution is -0.127. The summed E-state index contributed by atoms with van der Waals surface area (Å²) in [5.41, 5.74) is 1.75. The molecule has 0 bridgehead atoms. The van der Waals surface area contributed by atoms with Crippen molar-refractivity contribution in [2.45, 2.75) is 44.1 Å². The molecule has 2 aromatic rings. The lowest BCUT2D eigenvalue weighted by Crippen LogP contribution is -2.43. The molecule has 0 aliphatic heterocycles. The van der Waals surface area contributed by atoms with Crippen molar-refractivity contribution in [1.29, 1.82) is 0 Å². The number of benzene rings is 2. The van der Waals surface area contributed by atoms with Crippen molar-refractivity contribution in [2.75, 3.05) is 7.11 Å². The van der Waals surface area contributed by atoms with Crippen LogP contribution in [0.15, 0.2) is 54.6 Å². The summed E-state index contributed by atoms with van der Waals surface area (Å²) in [4.78, 5) is 13.2. The van der Waals surface area contributed by atoms with Gasteiger partial charge in [-0.1, -0.05) is 61.4 Å². The fourth-order valence-corrected chi connectivity index (χ4v) is 3.82. The number of amides is 1. The van der Waals surface area contributed by atoms with Gasteiger partial charge in [0.1, 0.15) is 5.75 Å². The van der Waals surface area contributed by atoms with E-state index in [1.165, 1.54) is 0 Å². The quantitative estimate of drug-likeness (QED) is 0.886. The molecule has 0 radical (unpaired) electrons. The minimum absolute atomic E-state index is 0.0881. The van der Waals surface area contributed by atoms with Gasteiger partial charge in [0, 0.05) is 5.56 Å². The van der Waals surface area contributed by atoms with Crippen LogP contribution in [0, 0.1) is 0 Å². The molecule has 0 saturated heterocycles. The van der Waals surface area contributed by atoms with Gasteiger partial charge in [-0.3, -0.25) is 4.79 Å². The summed E-state index contributed by atoms with van der Waals surface area (Å²) >= 11 is 0. The van der Waals surface area contributed by atoms with Gasteiger partial charge < -0.3 is 10.1 Å². The second kappa shape index (κ2) is 7.08. The standard InChI is InChI=1S/C21H25NO2/c1-16(18-12-6-7-13-19(18)24-2)22-20(23)21(14-8-9-15-21)17-10-4-3-5-11-17/h3-7,10-13,16H,8-9,14-15H2,1-2H3,(H,22,23). The first-order valence-electron chi connectivity index (χ1n) is 8.67. The molecule has 1 aliphatic rings. The predicted molar refractivity (Wildman–Crippen MR) is 96.1 cm³/mol. The summed E-state index contributed by atoms with van der Waals surface area (Å²) in [6.45, 7) is 2.02. The van der Waals surface area contributed by atoms with Crippen molar-refractivity contribution >= 4 is 5.91 Å². The Hall–Kier alpha value is -2.29. The largest absolute Gasteiger partial charge is 0.496 e. The summed E-state index contributed by atoms with van der Waals surface area (Å²) in [6, 6.07) is 18.0. The molecule has 1 saturated carbocycles. The summed E-state index contributed by atoms with van der Waals surface area (Å²) < 4.78 is 5.43. The highest BCUT2D eigenvalue weighted by Crippen LogP contribution is 2.42. The van der Waals surface area contributed by atoms with Gasteiger partial charge >= 0.3 is 0 Å². The third kappa shape index (κ3) is 3.03. The van der Waals surface area contributed by atoms with Gasteiger partial charge in [0.25, 0.3) is 0 Å². The minimum Gasteiger partial charge on any atom is -0.496 e. The Labute approximate surface area is 144 Å². The number of para-hydroxylation sites is 1. The summed E-state index contributed by atoms with van der Waals surface area (Å²) in [5, 5.41) is 3.23. The molecule has 3 rings (SSSR count). The SMILES string of the molecule is COc1ccccc1C(C)NC(=O)C1(c2ccccc2)CCCC1. The molecule has 126 valence electrons. The minimum atomic E-state index is -0.391. The monoisotopic (exact) mass is 323 g/mol. The van der Waals surface area contributed by atoms with E-state index in [9.17, 15) is 4.79 Å². The van der Waals surface area contributed by atoms with E-state index in [0.717, 1.165) is 42.6 Å². The molecule has 1 atom stereocenters. The Balaban J connectivity index is 1.84. The number of hydrogen-bond donors (Lipinski definition) is 1. The molecule has 1 fully saturated rings. The molecule has 24 heavy (non-hydrogen) atoms. The maximum absolute atomic E-state index is 13.2. The average Bonchev–Trinajstić information content (AvgIpc) is 3.13. The first-order chi connectivity index (χ1) is 11.7. The average molecular weight is 323 g/mol. The lowest BCUT2D eigenvalue weighted by atomic mass is 9.77. The Bertz CT molecular complexity index is 690. The van der Waals surface area contributed by atoms with Crippen LogP contribution in [-0.2, 0) is 10.2 Å². The number of hydrogen-bond acceptors (Lipinski definition) is 2. The number of carbonyl (C=O) groups is 1. The second-order valence-corrected chi connectivity index (χ2v) is 6.59. The van der Waals surface area contributed by atoms with Gasteiger partial charge in [0.05, 0.1) is 18.6 Å². The summed E-state index contributed by atoms with van der Waals surface area (Å²) in [5.74, 6) is 0.940. The van der Waals surface area contributed by atoms with E-state index in [4.69, 9.17) is 4.74 Å². The number of methoxy groups -OCH3 is 1. The van der Waals surface area contributed by atoms with Crippen LogP contribution in [0.4, 0.5) is 0 Å².